The second-order valence-corrected chi connectivity index (χ2v) is 9.20. The number of rotatable bonds is 8. The molecule has 40 heavy (non-hydrogen) atoms. The summed E-state index contributed by atoms with van der Waals surface area (Å²) in [6, 6.07) is 20.8. The van der Waals surface area contributed by atoms with Crippen molar-refractivity contribution in [2.45, 2.75) is 6.42 Å². The van der Waals surface area contributed by atoms with Gasteiger partial charge in [0.1, 0.15) is 11.4 Å². The van der Waals surface area contributed by atoms with Gasteiger partial charge in [-0.25, -0.2) is 9.78 Å². The first-order chi connectivity index (χ1) is 19.5. The Morgan fingerprint density at radius 3 is 2.55 bits per heavy atom. The molecule has 0 aliphatic carbocycles. The van der Waals surface area contributed by atoms with Crippen molar-refractivity contribution >= 4 is 28.7 Å². The average Bonchev–Trinajstić information content (AvgIpc) is 3.43. The second kappa shape index (κ2) is 11.7. The summed E-state index contributed by atoms with van der Waals surface area (Å²) in [4.78, 5) is 39.5. The third-order valence-electron chi connectivity index (χ3n) is 6.71. The number of anilines is 1. The lowest BCUT2D eigenvalue weighted by Crippen LogP contribution is -2.30. The highest BCUT2D eigenvalue weighted by atomic mass is 16.5. The number of pyridine rings is 2. The lowest BCUT2D eigenvalue weighted by molar-refractivity contribution is 0.0797. The van der Waals surface area contributed by atoms with Crippen molar-refractivity contribution in [1.29, 1.82) is 0 Å². The van der Waals surface area contributed by atoms with Crippen molar-refractivity contribution in [3.05, 3.63) is 96.6 Å². The Kier molecular flexibility index (Phi) is 7.72. The highest BCUT2D eigenvalue weighted by Gasteiger charge is 2.20. The van der Waals surface area contributed by atoms with Crippen LogP contribution in [0.3, 0.4) is 0 Å². The number of H-pyrrole nitrogens is 1. The molecule has 3 heterocycles. The van der Waals surface area contributed by atoms with Crippen LogP contribution in [0.1, 0.15) is 16.1 Å². The maximum atomic E-state index is 13.6. The van der Waals surface area contributed by atoms with E-state index in [-0.39, 0.29) is 5.91 Å². The van der Waals surface area contributed by atoms with Crippen molar-refractivity contribution in [1.82, 2.24) is 19.9 Å². The van der Waals surface area contributed by atoms with Gasteiger partial charge < -0.3 is 19.4 Å². The molecule has 0 unspecified atom stereocenters. The minimum atomic E-state index is -0.658. The molecule has 3 aromatic heterocycles. The molecular weight excluding hydrogens is 506 g/mol. The number of nitrogens with one attached hydrogen (secondary N) is 2. The van der Waals surface area contributed by atoms with E-state index in [2.05, 4.69) is 20.3 Å². The summed E-state index contributed by atoms with van der Waals surface area (Å²) in [6.07, 6.45) is 5.34. The number of likely N-dealkylation sites (N-methyl/N-ethyl adjacent to an activating group) is 1. The van der Waals surface area contributed by atoms with Gasteiger partial charge in [-0.3, -0.25) is 15.1 Å². The summed E-state index contributed by atoms with van der Waals surface area (Å²) in [5.41, 5.74) is 5.81. The number of aromatic amines is 1. The Balaban J connectivity index is 1.51. The number of para-hydroxylation sites is 1. The van der Waals surface area contributed by atoms with E-state index >= 15 is 0 Å². The van der Waals surface area contributed by atoms with Crippen LogP contribution >= 0.6 is 0 Å². The lowest BCUT2D eigenvalue weighted by Gasteiger charge is -2.20. The quantitative estimate of drug-likeness (QED) is 0.260. The summed E-state index contributed by atoms with van der Waals surface area (Å²) >= 11 is 0. The first-order valence-electron chi connectivity index (χ1n) is 12.7. The van der Waals surface area contributed by atoms with Gasteiger partial charge in [-0.1, -0.05) is 30.3 Å². The summed E-state index contributed by atoms with van der Waals surface area (Å²) in [7, 11) is 4.65. The Morgan fingerprint density at radius 2 is 1.77 bits per heavy atom. The summed E-state index contributed by atoms with van der Waals surface area (Å²) in [6.45, 7) is 0.455. The molecular formula is C31H29N5O4. The molecule has 202 valence electrons. The van der Waals surface area contributed by atoms with Gasteiger partial charge in [-0.2, -0.15) is 0 Å². The minimum Gasteiger partial charge on any atom is -0.496 e. The van der Waals surface area contributed by atoms with Crippen molar-refractivity contribution in [2.24, 2.45) is 0 Å². The summed E-state index contributed by atoms with van der Waals surface area (Å²) in [5.74, 6) is 0.517. The molecule has 9 heteroatoms. The molecule has 0 bridgehead atoms. The van der Waals surface area contributed by atoms with E-state index in [1.54, 1.807) is 43.6 Å². The standard InChI is InChI=1S/C31H29N5O4/c1-36(15-13-22-8-6-7-14-32-22)30(37)25-16-20(11-12-27(25)35-31(38)40-3)21-17-24-26(19-34-29(24)33-18-21)23-9-4-5-10-28(23)39-2/h4-12,14,16-19H,13,15H2,1-3H3,(H,33,34)(H,35,38). The van der Waals surface area contributed by atoms with E-state index in [1.165, 1.54) is 7.11 Å². The van der Waals surface area contributed by atoms with Crippen LogP contribution in [0.25, 0.3) is 33.3 Å². The number of fused-ring (bicyclic) bond motifs is 1. The Morgan fingerprint density at radius 1 is 0.950 bits per heavy atom. The number of ether oxygens (including phenoxy) is 2. The van der Waals surface area contributed by atoms with Crippen molar-refractivity contribution < 1.29 is 19.1 Å². The number of nitrogens with zero attached hydrogens (tertiary/aromatic N) is 3. The van der Waals surface area contributed by atoms with Gasteiger partial charge >= 0.3 is 6.09 Å². The number of aromatic nitrogens is 3. The van der Waals surface area contributed by atoms with Crippen LogP contribution in [-0.4, -0.2) is 59.7 Å². The largest absolute Gasteiger partial charge is 0.496 e. The maximum Gasteiger partial charge on any atom is 0.411 e. The SMILES string of the molecule is COC(=O)Nc1ccc(-c2cnc3[nH]cc(-c4ccccc4OC)c3c2)cc1C(=O)N(C)CCc1ccccn1. The molecule has 2 amide bonds. The fraction of sp³-hybridized carbons (Fsp3) is 0.161. The number of hydrogen-bond acceptors (Lipinski definition) is 6. The van der Waals surface area contributed by atoms with E-state index in [1.807, 2.05) is 60.8 Å². The number of benzene rings is 2. The monoisotopic (exact) mass is 535 g/mol. The van der Waals surface area contributed by atoms with Gasteiger partial charge in [0.05, 0.1) is 25.5 Å². The summed E-state index contributed by atoms with van der Waals surface area (Å²) in [5, 5.41) is 3.58. The van der Waals surface area contributed by atoms with E-state index < -0.39 is 6.09 Å². The smallest absolute Gasteiger partial charge is 0.411 e. The number of hydrogen-bond donors (Lipinski definition) is 2. The molecule has 0 atom stereocenters. The normalized spacial score (nSPS) is 10.8. The molecule has 0 spiro atoms. The van der Waals surface area contributed by atoms with Crippen LogP contribution in [-0.2, 0) is 11.2 Å². The molecule has 0 aliphatic heterocycles. The zero-order chi connectivity index (χ0) is 28.1. The number of methoxy groups -OCH3 is 2. The molecule has 0 aliphatic rings. The third kappa shape index (κ3) is 5.49. The first kappa shape index (κ1) is 26.4. The Hall–Kier alpha value is -5.18. The maximum absolute atomic E-state index is 13.6. The first-order valence-corrected chi connectivity index (χ1v) is 12.7. The molecule has 5 rings (SSSR count). The van der Waals surface area contributed by atoms with E-state index in [9.17, 15) is 9.59 Å². The fourth-order valence-electron chi connectivity index (χ4n) is 4.56. The van der Waals surface area contributed by atoms with Crippen LogP contribution in [0, 0.1) is 0 Å². The summed E-state index contributed by atoms with van der Waals surface area (Å²) < 4.78 is 10.4. The van der Waals surface area contributed by atoms with Crippen molar-refractivity contribution in [3.63, 3.8) is 0 Å². The lowest BCUT2D eigenvalue weighted by atomic mass is 9.99. The van der Waals surface area contributed by atoms with Crippen LogP contribution in [0.15, 0.2) is 85.3 Å². The topological polar surface area (TPSA) is 109 Å². The predicted molar refractivity (Wildman–Crippen MR) is 154 cm³/mol. The Labute approximate surface area is 231 Å². The van der Waals surface area contributed by atoms with Crippen molar-refractivity contribution in [3.8, 4) is 28.0 Å². The molecule has 2 aromatic carbocycles. The molecule has 9 nitrogen and oxygen atoms in total. The van der Waals surface area contributed by atoms with E-state index in [0.29, 0.717) is 24.2 Å². The average molecular weight is 536 g/mol. The third-order valence-corrected chi connectivity index (χ3v) is 6.71. The number of amides is 2. The molecule has 0 saturated heterocycles. The van der Waals surface area contributed by atoms with Crippen LogP contribution in [0.4, 0.5) is 10.5 Å². The van der Waals surface area contributed by atoms with Crippen LogP contribution < -0.4 is 10.1 Å². The van der Waals surface area contributed by atoms with Crippen molar-refractivity contribution in [2.75, 3.05) is 33.1 Å². The van der Waals surface area contributed by atoms with Gasteiger partial charge in [0.15, 0.2) is 0 Å². The predicted octanol–water partition coefficient (Wildman–Crippen LogP) is 5.79. The fourth-order valence-corrected chi connectivity index (χ4v) is 4.56. The Bertz CT molecular complexity index is 1670. The zero-order valence-corrected chi connectivity index (χ0v) is 22.5. The molecule has 0 fully saturated rings. The number of carbonyl (C=O) groups excluding carboxylic acids is 2. The second-order valence-electron chi connectivity index (χ2n) is 9.20. The molecule has 0 radical (unpaired) electrons. The minimum absolute atomic E-state index is 0.241. The van der Waals surface area contributed by atoms with Crippen LogP contribution in [0.2, 0.25) is 0 Å². The molecule has 0 saturated carbocycles. The van der Waals surface area contributed by atoms with Gasteiger partial charge in [0.2, 0.25) is 0 Å². The molecule has 2 N–H and O–H groups in total. The molecule has 5 aromatic rings. The number of carbonyl (C=O) groups is 2. The van der Waals surface area contributed by atoms with Gasteiger partial charge in [-0.15, -0.1) is 0 Å². The van der Waals surface area contributed by atoms with Crippen LogP contribution in [0.5, 0.6) is 5.75 Å². The van der Waals surface area contributed by atoms with Gasteiger partial charge in [-0.05, 0) is 42.0 Å². The highest BCUT2D eigenvalue weighted by molar-refractivity contribution is 6.04. The van der Waals surface area contributed by atoms with E-state index in [0.717, 1.165) is 44.7 Å². The zero-order valence-electron chi connectivity index (χ0n) is 22.5. The van der Waals surface area contributed by atoms with Gasteiger partial charge in [0.25, 0.3) is 5.91 Å². The van der Waals surface area contributed by atoms with E-state index in [4.69, 9.17) is 9.47 Å². The highest BCUT2D eigenvalue weighted by Crippen LogP contribution is 2.36. The van der Waals surface area contributed by atoms with Gasteiger partial charge in [0, 0.05) is 66.4 Å².